The molecule has 0 amide bonds. The van der Waals surface area contributed by atoms with E-state index < -0.39 is 36.5 Å². The molecule has 0 radical (unpaired) electrons. The second-order valence-corrected chi connectivity index (χ2v) is 10.4. The first-order valence-electron chi connectivity index (χ1n) is 7.89. The van der Waals surface area contributed by atoms with Crippen molar-refractivity contribution in [3.8, 4) is 0 Å². The zero-order chi connectivity index (χ0) is 21.3. The first-order valence-corrected chi connectivity index (χ1v) is 11.2. The molecule has 0 unspecified atom stereocenters. The van der Waals surface area contributed by atoms with Crippen LogP contribution in [0.4, 0.5) is 18.9 Å². The van der Waals surface area contributed by atoms with E-state index in [1.165, 1.54) is 32.3 Å². The molecule has 11 heteroatoms. The average Bonchev–Trinajstić information content (AvgIpc) is 2.58. The van der Waals surface area contributed by atoms with Crippen molar-refractivity contribution in [1.82, 2.24) is 4.31 Å². The third kappa shape index (κ3) is 5.03. The van der Waals surface area contributed by atoms with Crippen molar-refractivity contribution < 1.29 is 30.0 Å². The van der Waals surface area contributed by atoms with Crippen LogP contribution in [0.3, 0.4) is 0 Å². The van der Waals surface area contributed by atoms with E-state index in [4.69, 9.17) is 0 Å². The Bertz CT molecular complexity index is 1080. The molecular weight excluding hydrogens is 417 g/mol. The highest BCUT2D eigenvalue weighted by atomic mass is 32.2. The number of alkyl halides is 3. The van der Waals surface area contributed by atoms with E-state index in [0.717, 1.165) is 22.7 Å². The number of anilines is 1. The van der Waals surface area contributed by atoms with Crippen molar-refractivity contribution in [2.24, 2.45) is 0 Å². The van der Waals surface area contributed by atoms with E-state index in [1.54, 1.807) is 6.07 Å². The van der Waals surface area contributed by atoms with Gasteiger partial charge in [-0.15, -0.1) is 0 Å². The summed E-state index contributed by atoms with van der Waals surface area (Å²) in [5.74, 6) is 0. The molecule has 0 aliphatic carbocycles. The summed E-state index contributed by atoms with van der Waals surface area (Å²) in [5, 5.41) is 2.60. The van der Waals surface area contributed by atoms with Gasteiger partial charge in [-0.3, -0.25) is 0 Å². The normalized spacial score (nSPS) is 13.0. The zero-order valence-electron chi connectivity index (χ0n) is 15.3. The number of sulfonamides is 1. The molecule has 0 bridgehead atoms. The van der Waals surface area contributed by atoms with Gasteiger partial charge in [0.25, 0.3) is 0 Å². The highest BCUT2D eigenvalue weighted by Gasteiger charge is 2.34. The molecule has 0 atom stereocenters. The average molecular weight is 436 g/mol. The van der Waals surface area contributed by atoms with Crippen molar-refractivity contribution >= 4 is 25.5 Å². The maximum absolute atomic E-state index is 13.3. The van der Waals surface area contributed by atoms with Gasteiger partial charge in [0, 0.05) is 32.6 Å². The SMILES string of the molecule is CN(C)S(=O)(=O)c1cccc(CNc2ccc(S(C)(=O)=O)cc2C(F)(F)F)c1. The van der Waals surface area contributed by atoms with Crippen molar-refractivity contribution in [2.45, 2.75) is 22.5 Å². The topological polar surface area (TPSA) is 83.6 Å². The molecule has 2 rings (SSSR count). The van der Waals surface area contributed by atoms with Gasteiger partial charge in [0.15, 0.2) is 9.84 Å². The number of hydrogen-bond acceptors (Lipinski definition) is 5. The third-order valence-electron chi connectivity index (χ3n) is 3.88. The maximum atomic E-state index is 13.3. The van der Waals surface area contributed by atoms with E-state index in [0.29, 0.717) is 11.6 Å². The van der Waals surface area contributed by atoms with Crippen LogP contribution in [-0.4, -0.2) is 41.5 Å². The monoisotopic (exact) mass is 436 g/mol. The van der Waals surface area contributed by atoms with Crippen LogP contribution >= 0.6 is 0 Å². The summed E-state index contributed by atoms with van der Waals surface area (Å²) in [6, 6.07) is 8.51. The van der Waals surface area contributed by atoms with Gasteiger partial charge < -0.3 is 5.32 Å². The molecule has 0 aliphatic heterocycles. The highest BCUT2D eigenvalue weighted by molar-refractivity contribution is 7.90. The lowest BCUT2D eigenvalue weighted by Crippen LogP contribution is -2.22. The molecule has 2 aromatic rings. The lowest BCUT2D eigenvalue weighted by Gasteiger charge is -2.16. The smallest absolute Gasteiger partial charge is 0.380 e. The van der Waals surface area contributed by atoms with Gasteiger partial charge in [-0.2, -0.15) is 13.2 Å². The molecule has 0 saturated heterocycles. The van der Waals surface area contributed by atoms with E-state index in [2.05, 4.69) is 5.32 Å². The summed E-state index contributed by atoms with van der Waals surface area (Å²) in [7, 11) is -4.73. The second-order valence-electron chi connectivity index (χ2n) is 6.27. The first kappa shape index (κ1) is 22.2. The summed E-state index contributed by atoms with van der Waals surface area (Å²) in [6.45, 7) is -0.0852. The van der Waals surface area contributed by atoms with E-state index >= 15 is 0 Å². The molecule has 0 aliphatic rings. The Labute approximate surface area is 162 Å². The predicted molar refractivity (Wildman–Crippen MR) is 99.2 cm³/mol. The van der Waals surface area contributed by atoms with Gasteiger partial charge >= 0.3 is 6.18 Å². The standard InChI is InChI=1S/C17H19F3N2O4S2/c1-22(2)28(25,26)14-6-4-5-12(9-14)11-21-16-8-7-13(27(3,23)24)10-15(16)17(18,19)20/h4-10,21H,11H2,1-3H3. The summed E-state index contributed by atoms with van der Waals surface area (Å²) in [4.78, 5) is -0.426. The maximum Gasteiger partial charge on any atom is 0.418 e. The van der Waals surface area contributed by atoms with Crippen LogP contribution in [0.1, 0.15) is 11.1 Å². The number of benzene rings is 2. The zero-order valence-corrected chi connectivity index (χ0v) is 16.9. The summed E-state index contributed by atoms with van der Waals surface area (Å²) in [5.41, 5.74) is -0.975. The second kappa shape index (κ2) is 7.72. The molecule has 0 saturated carbocycles. The lowest BCUT2D eigenvalue weighted by molar-refractivity contribution is -0.137. The minimum atomic E-state index is -4.76. The molecule has 0 fully saturated rings. The van der Waals surface area contributed by atoms with Crippen LogP contribution in [0, 0.1) is 0 Å². The Morgan fingerprint density at radius 1 is 0.964 bits per heavy atom. The quantitative estimate of drug-likeness (QED) is 0.753. The number of nitrogens with zero attached hydrogens (tertiary/aromatic N) is 1. The summed E-state index contributed by atoms with van der Waals surface area (Å²) < 4.78 is 88.5. The van der Waals surface area contributed by atoms with Crippen LogP contribution in [0.15, 0.2) is 52.3 Å². The first-order chi connectivity index (χ1) is 12.7. The van der Waals surface area contributed by atoms with Gasteiger partial charge in [-0.05, 0) is 35.9 Å². The van der Waals surface area contributed by atoms with Gasteiger partial charge in [0.1, 0.15) is 0 Å². The van der Waals surface area contributed by atoms with E-state index in [-0.39, 0.29) is 17.1 Å². The molecule has 2 aromatic carbocycles. The van der Waals surface area contributed by atoms with Crippen LogP contribution in [0.5, 0.6) is 0 Å². The van der Waals surface area contributed by atoms with Crippen molar-refractivity contribution in [3.05, 3.63) is 53.6 Å². The van der Waals surface area contributed by atoms with Gasteiger partial charge in [0.2, 0.25) is 10.0 Å². The van der Waals surface area contributed by atoms with E-state index in [1.807, 2.05) is 0 Å². The van der Waals surface area contributed by atoms with Crippen LogP contribution in [0.25, 0.3) is 0 Å². The van der Waals surface area contributed by atoms with Crippen molar-refractivity contribution in [3.63, 3.8) is 0 Å². The molecule has 0 aromatic heterocycles. The Morgan fingerprint density at radius 3 is 2.14 bits per heavy atom. The minimum absolute atomic E-state index is 0.0141. The minimum Gasteiger partial charge on any atom is -0.380 e. The number of sulfone groups is 1. The molecule has 1 N–H and O–H groups in total. The number of rotatable bonds is 6. The lowest BCUT2D eigenvalue weighted by atomic mass is 10.1. The Hall–Kier alpha value is -2.11. The molecule has 154 valence electrons. The number of halogens is 3. The summed E-state index contributed by atoms with van der Waals surface area (Å²) in [6.07, 6.45) is -3.94. The Kier molecular flexibility index (Phi) is 6.12. The fourth-order valence-corrected chi connectivity index (χ4v) is 3.99. The fraction of sp³-hybridized carbons (Fsp3) is 0.294. The largest absolute Gasteiger partial charge is 0.418 e. The van der Waals surface area contributed by atoms with E-state index in [9.17, 15) is 30.0 Å². The third-order valence-corrected chi connectivity index (χ3v) is 6.81. The Balaban J connectivity index is 2.35. The molecular formula is C17H19F3N2O4S2. The number of hydrogen-bond donors (Lipinski definition) is 1. The number of nitrogens with one attached hydrogen (secondary N) is 1. The van der Waals surface area contributed by atoms with Crippen LogP contribution < -0.4 is 5.32 Å². The van der Waals surface area contributed by atoms with Crippen molar-refractivity contribution in [2.75, 3.05) is 25.7 Å². The fourth-order valence-electron chi connectivity index (χ4n) is 2.37. The molecule has 28 heavy (non-hydrogen) atoms. The Morgan fingerprint density at radius 2 is 1.61 bits per heavy atom. The van der Waals surface area contributed by atoms with Gasteiger partial charge in [0.05, 0.1) is 15.4 Å². The highest BCUT2D eigenvalue weighted by Crippen LogP contribution is 2.36. The van der Waals surface area contributed by atoms with Crippen molar-refractivity contribution in [1.29, 1.82) is 0 Å². The predicted octanol–water partition coefficient (Wildman–Crippen LogP) is 2.97. The van der Waals surface area contributed by atoms with Crippen LogP contribution in [-0.2, 0) is 32.6 Å². The molecule has 0 spiro atoms. The summed E-state index contributed by atoms with van der Waals surface area (Å²) >= 11 is 0. The van der Waals surface area contributed by atoms with Crippen LogP contribution in [0.2, 0.25) is 0 Å². The van der Waals surface area contributed by atoms with Gasteiger partial charge in [-0.1, -0.05) is 12.1 Å². The molecule has 0 heterocycles. The van der Waals surface area contributed by atoms with Gasteiger partial charge in [-0.25, -0.2) is 21.1 Å². The molecule has 6 nitrogen and oxygen atoms in total.